The largest absolute Gasteiger partial charge is 0.491 e. The normalized spacial score (nSPS) is 19.5. The highest BCUT2D eigenvalue weighted by atomic mass is 19.4. The monoisotopic (exact) mass is 330 g/mol. The molecule has 1 unspecified atom stereocenters. The number of hydrogen-bond acceptors (Lipinski definition) is 3. The molecule has 0 aliphatic carbocycles. The number of rotatable bonds is 7. The SMILES string of the molecule is CC(C)Oc1ccc(CNCC2CCN(CC(F)(F)F)C2)cc1. The summed E-state index contributed by atoms with van der Waals surface area (Å²) in [6, 6.07) is 7.90. The van der Waals surface area contributed by atoms with Crippen LogP contribution in [0.5, 0.6) is 5.75 Å². The Morgan fingerprint density at radius 2 is 1.96 bits per heavy atom. The molecule has 1 heterocycles. The van der Waals surface area contributed by atoms with Gasteiger partial charge in [0.25, 0.3) is 0 Å². The van der Waals surface area contributed by atoms with E-state index >= 15 is 0 Å². The van der Waals surface area contributed by atoms with E-state index in [-0.39, 0.29) is 6.10 Å². The highest BCUT2D eigenvalue weighted by Crippen LogP contribution is 2.22. The number of ether oxygens (including phenoxy) is 1. The molecule has 1 fully saturated rings. The zero-order valence-electron chi connectivity index (χ0n) is 13.7. The van der Waals surface area contributed by atoms with Crippen LogP contribution in [0.2, 0.25) is 0 Å². The molecule has 1 atom stereocenters. The Hall–Kier alpha value is -1.27. The van der Waals surface area contributed by atoms with Gasteiger partial charge in [-0.25, -0.2) is 0 Å². The zero-order valence-corrected chi connectivity index (χ0v) is 13.7. The zero-order chi connectivity index (χ0) is 16.9. The van der Waals surface area contributed by atoms with Crippen LogP contribution in [0, 0.1) is 5.92 Å². The molecular weight excluding hydrogens is 305 g/mol. The Labute approximate surface area is 135 Å². The lowest BCUT2D eigenvalue weighted by Crippen LogP contribution is -2.33. The minimum atomic E-state index is -4.10. The lowest BCUT2D eigenvalue weighted by Gasteiger charge is -2.18. The van der Waals surface area contributed by atoms with Crippen molar-refractivity contribution in [3.8, 4) is 5.75 Å². The molecule has 0 aromatic heterocycles. The third-order valence-electron chi connectivity index (χ3n) is 3.83. The van der Waals surface area contributed by atoms with Gasteiger partial charge in [0, 0.05) is 13.1 Å². The lowest BCUT2D eigenvalue weighted by atomic mass is 10.1. The molecular formula is C17H25F3N2O. The Morgan fingerprint density at radius 1 is 1.26 bits per heavy atom. The fourth-order valence-corrected chi connectivity index (χ4v) is 2.86. The van der Waals surface area contributed by atoms with Gasteiger partial charge in [0.1, 0.15) is 5.75 Å². The maximum atomic E-state index is 12.4. The summed E-state index contributed by atoms with van der Waals surface area (Å²) in [7, 11) is 0. The quantitative estimate of drug-likeness (QED) is 0.829. The summed E-state index contributed by atoms with van der Waals surface area (Å²) in [5, 5.41) is 3.34. The molecule has 0 saturated carbocycles. The van der Waals surface area contributed by atoms with Gasteiger partial charge in [-0.15, -0.1) is 0 Å². The predicted molar refractivity (Wildman–Crippen MR) is 84.5 cm³/mol. The number of hydrogen-bond donors (Lipinski definition) is 1. The average molecular weight is 330 g/mol. The highest BCUT2D eigenvalue weighted by molar-refractivity contribution is 5.27. The second-order valence-corrected chi connectivity index (χ2v) is 6.45. The van der Waals surface area contributed by atoms with Crippen molar-refractivity contribution < 1.29 is 17.9 Å². The number of nitrogens with zero attached hydrogens (tertiary/aromatic N) is 1. The molecule has 0 radical (unpaired) electrons. The van der Waals surface area contributed by atoms with Gasteiger partial charge >= 0.3 is 6.18 Å². The number of likely N-dealkylation sites (tertiary alicyclic amines) is 1. The van der Waals surface area contributed by atoms with Crippen molar-refractivity contribution in [2.75, 3.05) is 26.2 Å². The van der Waals surface area contributed by atoms with E-state index < -0.39 is 12.7 Å². The molecule has 6 heteroatoms. The fourth-order valence-electron chi connectivity index (χ4n) is 2.86. The maximum absolute atomic E-state index is 12.4. The van der Waals surface area contributed by atoms with Gasteiger partial charge in [-0.3, -0.25) is 4.90 Å². The topological polar surface area (TPSA) is 24.5 Å². The van der Waals surface area contributed by atoms with Crippen molar-refractivity contribution >= 4 is 0 Å². The van der Waals surface area contributed by atoms with Crippen molar-refractivity contribution in [2.24, 2.45) is 5.92 Å². The number of halogens is 3. The van der Waals surface area contributed by atoms with Gasteiger partial charge in [0.15, 0.2) is 0 Å². The van der Waals surface area contributed by atoms with E-state index in [2.05, 4.69) is 5.32 Å². The first-order valence-corrected chi connectivity index (χ1v) is 8.07. The number of benzene rings is 1. The fraction of sp³-hybridized carbons (Fsp3) is 0.647. The average Bonchev–Trinajstić information content (AvgIpc) is 2.85. The first kappa shape index (κ1) is 18.1. The highest BCUT2D eigenvalue weighted by Gasteiger charge is 2.34. The standard InChI is InChI=1S/C17H25F3N2O/c1-13(2)23-16-5-3-14(4-6-16)9-21-10-15-7-8-22(11-15)12-17(18,19)20/h3-6,13,15,21H,7-12H2,1-2H3. The van der Waals surface area contributed by atoms with E-state index in [1.807, 2.05) is 38.1 Å². The first-order valence-electron chi connectivity index (χ1n) is 8.07. The number of alkyl halides is 3. The molecule has 1 aromatic rings. The summed E-state index contributed by atoms with van der Waals surface area (Å²) in [5.74, 6) is 1.14. The van der Waals surface area contributed by atoms with Crippen LogP contribution >= 0.6 is 0 Å². The summed E-state index contributed by atoms with van der Waals surface area (Å²) in [5.41, 5.74) is 1.14. The minimum Gasteiger partial charge on any atom is -0.491 e. The van der Waals surface area contributed by atoms with Crippen LogP contribution in [0.4, 0.5) is 13.2 Å². The van der Waals surface area contributed by atoms with Gasteiger partial charge in [0.05, 0.1) is 12.6 Å². The predicted octanol–water partition coefficient (Wildman–Crippen LogP) is 3.45. The molecule has 1 saturated heterocycles. The third-order valence-corrected chi connectivity index (χ3v) is 3.83. The van der Waals surface area contributed by atoms with Crippen molar-refractivity contribution in [1.82, 2.24) is 10.2 Å². The Balaban J connectivity index is 1.67. The molecule has 0 amide bonds. The molecule has 23 heavy (non-hydrogen) atoms. The first-order chi connectivity index (χ1) is 10.8. The smallest absolute Gasteiger partial charge is 0.401 e. The van der Waals surface area contributed by atoms with Crippen LogP contribution in [0.15, 0.2) is 24.3 Å². The van der Waals surface area contributed by atoms with E-state index in [0.29, 0.717) is 19.0 Å². The summed E-state index contributed by atoms with van der Waals surface area (Å²) in [6.07, 6.45) is -3.12. The second kappa shape index (κ2) is 8.02. The van der Waals surface area contributed by atoms with Gasteiger partial charge in [-0.2, -0.15) is 13.2 Å². The third kappa shape index (κ3) is 6.79. The molecule has 1 aliphatic rings. The summed E-state index contributed by atoms with van der Waals surface area (Å²) in [4.78, 5) is 1.49. The van der Waals surface area contributed by atoms with Crippen LogP contribution in [0.25, 0.3) is 0 Å². The summed E-state index contributed by atoms with van der Waals surface area (Å²) < 4.78 is 42.6. The second-order valence-electron chi connectivity index (χ2n) is 6.45. The van der Waals surface area contributed by atoms with Gasteiger partial charge in [-0.05, 0) is 57.0 Å². The Morgan fingerprint density at radius 3 is 2.57 bits per heavy atom. The van der Waals surface area contributed by atoms with E-state index in [9.17, 15) is 13.2 Å². The number of nitrogens with one attached hydrogen (secondary N) is 1. The molecule has 1 N–H and O–H groups in total. The van der Waals surface area contributed by atoms with Gasteiger partial charge < -0.3 is 10.1 Å². The van der Waals surface area contributed by atoms with Gasteiger partial charge in [-0.1, -0.05) is 12.1 Å². The molecule has 0 bridgehead atoms. The van der Waals surface area contributed by atoms with E-state index in [1.165, 1.54) is 4.90 Å². The van der Waals surface area contributed by atoms with Crippen LogP contribution in [-0.2, 0) is 6.54 Å². The van der Waals surface area contributed by atoms with Crippen LogP contribution < -0.4 is 10.1 Å². The van der Waals surface area contributed by atoms with E-state index in [1.54, 1.807) is 0 Å². The molecule has 0 spiro atoms. The van der Waals surface area contributed by atoms with E-state index in [0.717, 1.165) is 30.8 Å². The summed E-state index contributed by atoms with van der Waals surface area (Å²) >= 11 is 0. The molecule has 130 valence electrons. The van der Waals surface area contributed by atoms with Crippen molar-refractivity contribution in [1.29, 1.82) is 0 Å². The van der Waals surface area contributed by atoms with Crippen molar-refractivity contribution in [3.05, 3.63) is 29.8 Å². The van der Waals surface area contributed by atoms with E-state index in [4.69, 9.17) is 4.74 Å². The van der Waals surface area contributed by atoms with Crippen LogP contribution in [0.3, 0.4) is 0 Å². The molecule has 2 rings (SSSR count). The summed E-state index contributed by atoms with van der Waals surface area (Å²) in [6.45, 7) is 5.70. The van der Waals surface area contributed by atoms with Gasteiger partial charge in [0.2, 0.25) is 0 Å². The van der Waals surface area contributed by atoms with Crippen molar-refractivity contribution in [3.63, 3.8) is 0 Å². The van der Waals surface area contributed by atoms with Crippen LogP contribution in [-0.4, -0.2) is 43.4 Å². The lowest BCUT2D eigenvalue weighted by molar-refractivity contribution is -0.143. The Kier molecular flexibility index (Phi) is 6.30. The maximum Gasteiger partial charge on any atom is 0.401 e. The minimum absolute atomic E-state index is 0.154. The van der Waals surface area contributed by atoms with Crippen LogP contribution in [0.1, 0.15) is 25.8 Å². The molecule has 1 aliphatic heterocycles. The Bertz CT molecular complexity index is 474. The molecule has 3 nitrogen and oxygen atoms in total. The van der Waals surface area contributed by atoms with Crippen molar-refractivity contribution in [2.45, 2.75) is 39.1 Å². The molecule has 1 aromatic carbocycles.